The van der Waals surface area contributed by atoms with Crippen LogP contribution < -0.4 is 10.6 Å². The second kappa shape index (κ2) is 5.69. The maximum atomic E-state index is 13.1. The standard InChI is InChI=1S/C19H26N2O/c22-18(21-13-16-11-20-12-16)19(9-14-4-2-1-3-5-14)10-15-6-7-17(19)8-15/h1-5,15-17,20H,6-13H2,(H,21,22). The van der Waals surface area contributed by atoms with E-state index in [1.54, 1.807) is 0 Å². The van der Waals surface area contributed by atoms with E-state index in [0.717, 1.165) is 38.4 Å². The molecule has 4 rings (SSSR count). The van der Waals surface area contributed by atoms with Crippen LogP contribution in [0, 0.1) is 23.2 Å². The molecular weight excluding hydrogens is 272 g/mol. The fourth-order valence-electron chi connectivity index (χ4n) is 4.88. The molecule has 3 unspecified atom stereocenters. The number of hydrogen-bond donors (Lipinski definition) is 2. The van der Waals surface area contributed by atoms with Crippen LogP contribution in [0.3, 0.4) is 0 Å². The predicted octanol–water partition coefficient (Wildman–Crippen LogP) is 2.37. The zero-order valence-electron chi connectivity index (χ0n) is 13.2. The van der Waals surface area contributed by atoms with Crippen LogP contribution in [0.5, 0.6) is 0 Å². The quantitative estimate of drug-likeness (QED) is 0.876. The first-order chi connectivity index (χ1) is 10.8. The van der Waals surface area contributed by atoms with Gasteiger partial charge in [0.05, 0.1) is 5.41 Å². The molecule has 1 saturated heterocycles. The van der Waals surface area contributed by atoms with Gasteiger partial charge in [-0.15, -0.1) is 0 Å². The Labute approximate surface area is 132 Å². The third-order valence-electron chi connectivity index (χ3n) is 6.21. The highest BCUT2D eigenvalue weighted by Crippen LogP contribution is 2.57. The van der Waals surface area contributed by atoms with Gasteiger partial charge < -0.3 is 10.6 Å². The van der Waals surface area contributed by atoms with Crippen LogP contribution in [0.2, 0.25) is 0 Å². The minimum Gasteiger partial charge on any atom is -0.355 e. The van der Waals surface area contributed by atoms with Gasteiger partial charge in [-0.2, -0.15) is 0 Å². The normalized spacial score (nSPS) is 33.6. The van der Waals surface area contributed by atoms with Gasteiger partial charge in [0.15, 0.2) is 0 Å². The summed E-state index contributed by atoms with van der Waals surface area (Å²) in [4.78, 5) is 13.1. The first-order valence-corrected chi connectivity index (χ1v) is 8.79. The van der Waals surface area contributed by atoms with Crippen molar-refractivity contribution in [3.05, 3.63) is 35.9 Å². The topological polar surface area (TPSA) is 41.1 Å². The molecule has 0 spiro atoms. The lowest BCUT2D eigenvalue weighted by atomic mass is 9.68. The van der Waals surface area contributed by atoms with Gasteiger partial charge >= 0.3 is 0 Å². The third-order valence-corrected chi connectivity index (χ3v) is 6.21. The van der Waals surface area contributed by atoms with Crippen molar-refractivity contribution in [1.29, 1.82) is 0 Å². The fourth-order valence-corrected chi connectivity index (χ4v) is 4.88. The van der Waals surface area contributed by atoms with Crippen LogP contribution in [0.15, 0.2) is 30.3 Å². The monoisotopic (exact) mass is 298 g/mol. The van der Waals surface area contributed by atoms with Crippen molar-refractivity contribution < 1.29 is 4.79 Å². The molecule has 1 amide bonds. The highest BCUT2D eigenvalue weighted by molar-refractivity contribution is 5.84. The van der Waals surface area contributed by atoms with Gasteiger partial charge in [0.25, 0.3) is 0 Å². The maximum Gasteiger partial charge on any atom is 0.226 e. The van der Waals surface area contributed by atoms with E-state index in [9.17, 15) is 4.79 Å². The molecule has 2 N–H and O–H groups in total. The average molecular weight is 298 g/mol. The highest BCUT2D eigenvalue weighted by Gasteiger charge is 2.55. The van der Waals surface area contributed by atoms with Crippen LogP contribution in [-0.2, 0) is 11.2 Å². The van der Waals surface area contributed by atoms with E-state index in [1.807, 2.05) is 0 Å². The van der Waals surface area contributed by atoms with Gasteiger partial charge in [-0.1, -0.05) is 36.8 Å². The molecule has 0 radical (unpaired) electrons. The number of carbonyl (C=O) groups is 1. The fraction of sp³-hybridized carbons (Fsp3) is 0.632. The van der Waals surface area contributed by atoms with Crippen molar-refractivity contribution in [2.45, 2.75) is 32.1 Å². The van der Waals surface area contributed by atoms with Crippen LogP contribution in [0.1, 0.15) is 31.2 Å². The number of benzene rings is 1. The van der Waals surface area contributed by atoms with Gasteiger partial charge in [0, 0.05) is 25.6 Å². The smallest absolute Gasteiger partial charge is 0.226 e. The summed E-state index contributed by atoms with van der Waals surface area (Å²) in [5.41, 5.74) is 1.18. The Hall–Kier alpha value is -1.35. The van der Waals surface area contributed by atoms with Crippen molar-refractivity contribution in [2.24, 2.45) is 23.2 Å². The molecule has 1 aromatic carbocycles. The third kappa shape index (κ3) is 2.45. The molecule has 0 aromatic heterocycles. The summed E-state index contributed by atoms with van der Waals surface area (Å²) in [5, 5.41) is 6.57. The van der Waals surface area contributed by atoms with Crippen LogP contribution in [0.25, 0.3) is 0 Å². The number of hydrogen-bond acceptors (Lipinski definition) is 2. The van der Waals surface area contributed by atoms with E-state index in [0.29, 0.717) is 17.7 Å². The number of nitrogens with one attached hydrogen (secondary N) is 2. The molecule has 22 heavy (non-hydrogen) atoms. The summed E-state index contributed by atoms with van der Waals surface area (Å²) < 4.78 is 0. The summed E-state index contributed by atoms with van der Waals surface area (Å²) in [6, 6.07) is 10.6. The second-order valence-corrected chi connectivity index (χ2v) is 7.63. The maximum absolute atomic E-state index is 13.1. The summed E-state index contributed by atoms with van der Waals surface area (Å²) in [6.45, 7) is 2.95. The zero-order valence-corrected chi connectivity index (χ0v) is 13.2. The summed E-state index contributed by atoms with van der Waals surface area (Å²) in [6.07, 6.45) is 5.87. The molecule has 3 heteroatoms. The molecule has 118 valence electrons. The van der Waals surface area contributed by atoms with Crippen molar-refractivity contribution >= 4 is 5.91 Å². The number of fused-ring (bicyclic) bond motifs is 2. The minimum atomic E-state index is -0.137. The number of amides is 1. The Balaban J connectivity index is 1.51. The number of rotatable bonds is 5. The molecule has 3 atom stereocenters. The molecule has 1 heterocycles. The van der Waals surface area contributed by atoms with Gasteiger partial charge in [-0.3, -0.25) is 4.79 Å². The van der Waals surface area contributed by atoms with Crippen LogP contribution in [-0.4, -0.2) is 25.5 Å². The first-order valence-electron chi connectivity index (χ1n) is 8.79. The molecule has 2 saturated carbocycles. The Morgan fingerprint density at radius 3 is 2.64 bits per heavy atom. The number of carbonyl (C=O) groups excluding carboxylic acids is 1. The van der Waals surface area contributed by atoms with Crippen LogP contribution >= 0.6 is 0 Å². The van der Waals surface area contributed by atoms with E-state index in [-0.39, 0.29) is 5.41 Å². The summed E-state index contributed by atoms with van der Waals surface area (Å²) in [7, 11) is 0. The molecule has 3 nitrogen and oxygen atoms in total. The Kier molecular flexibility index (Phi) is 3.69. The van der Waals surface area contributed by atoms with E-state index in [1.165, 1.54) is 24.8 Å². The van der Waals surface area contributed by atoms with Crippen molar-refractivity contribution in [1.82, 2.24) is 10.6 Å². The second-order valence-electron chi connectivity index (χ2n) is 7.63. The average Bonchev–Trinajstić information content (AvgIpc) is 3.08. The SMILES string of the molecule is O=C(NCC1CNC1)C1(Cc2ccccc2)CC2CCC1C2. The van der Waals surface area contributed by atoms with Gasteiger partial charge in [0.1, 0.15) is 0 Å². The largest absolute Gasteiger partial charge is 0.355 e. The Morgan fingerprint density at radius 2 is 2.05 bits per heavy atom. The van der Waals surface area contributed by atoms with Crippen molar-refractivity contribution in [2.75, 3.05) is 19.6 Å². The molecule has 1 aromatic rings. The lowest BCUT2D eigenvalue weighted by Gasteiger charge is -2.37. The van der Waals surface area contributed by atoms with Crippen LogP contribution in [0.4, 0.5) is 0 Å². The first kappa shape index (κ1) is 14.3. The Bertz CT molecular complexity index is 540. The van der Waals surface area contributed by atoms with Gasteiger partial charge in [-0.25, -0.2) is 0 Å². The molecule has 2 bridgehead atoms. The molecule has 2 aliphatic carbocycles. The van der Waals surface area contributed by atoms with Gasteiger partial charge in [0.2, 0.25) is 5.91 Å². The lowest BCUT2D eigenvalue weighted by Crippen LogP contribution is -2.52. The minimum absolute atomic E-state index is 0.137. The Morgan fingerprint density at radius 1 is 1.23 bits per heavy atom. The van der Waals surface area contributed by atoms with Gasteiger partial charge in [-0.05, 0) is 43.1 Å². The highest BCUT2D eigenvalue weighted by atomic mass is 16.2. The van der Waals surface area contributed by atoms with E-state index in [4.69, 9.17) is 0 Å². The van der Waals surface area contributed by atoms with E-state index < -0.39 is 0 Å². The molecule has 1 aliphatic heterocycles. The lowest BCUT2D eigenvalue weighted by molar-refractivity contribution is -0.134. The summed E-state index contributed by atoms with van der Waals surface area (Å²) >= 11 is 0. The molecule has 3 aliphatic rings. The van der Waals surface area contributed by atoms with E-state index in [2.05, 4.69) is 41.0 Å². The summed E-state index contributed by atoms with van der Waals surface area (Å²) in [5.74, 6) is 2.34. The molecule has 3 fully saturated rings. The van der Waals surface area contributed by atoms with Crippen molar-refractivity contribution in [3.63, 3.8) is 0 Å². The van der Waals surface area contributed by atoms with Crippen molar-refractivity contribution in [3.8, 4) is 0 Å². The zero-order chi connectivity index (χ0) is 15.0. The predicted molar refractivity (Wildman–Crippen MR) is 87.4 cm³/mol. The molecular formula is C19H26N2O. The van der Waals surface area contributed by atoms with E-state index >= 15 is 0 Å².